The zero-order valence-corrected chi connectivity index (χ0v) is 11.4. The SMILES string of the molecule is CC(C)(C)n1cc(C(=O)NCC2(C(=O)O)CC2)cn1. The van der Waals surface area contributed by atoms with E-state index in [1.807, 2.05) is 20.8 Å². The minimum Gasteiger partial charge on any atom is -0.481 e. The largest absolute Gasteiger partial charge is 0.481 e. The van der Waals surface area contributed by atoms with Gasteiger partial charge in [-0.05, 0) is 33.6 Å². The molecule has 1 aromatic heterocycles. The summed E-state index contributed by atoms with van der Waals surface area (Å²) in [4.78, 5) is 22.9. The quantitative estimate of drug-likeness (QED) is 0.857. The Morgan fingerprint density at radius 3 is 2.53 bits per heavy atom. The lowest BCUT2D eigenvalue weighted by atomic mass is 10.1. The van der Waals surface area contributed by atoms with Crippen molar-refractivity contribution >= 4 is 11.9 Å². The number of rotatable bonds is 4. The predicted octanol–water partition coefficient (Wildman–Crippen LogP) is 1.23. The maximum absolute atomic E-state index is 11.9. The summed E-state index contributed by atoms with van der Waals surface area (Å²) in [6, 6.07) is 0. The Hall–Kier alpha value is -1.85. The summed E-state index contributed by atoms with van der Waals surface area (Å²) >= 11 is 0. The number of hydrogen-bond donors (Lipinski definition) is 2. The monoisotopic (exact) mass is 265 g/mol. The molecule has 0 bridgehead atoms. The fourth-order valence-electron chi connectivity index (χ4n) is 1.78. The van der Waals surface area contributed by atoms with Crippen LogP contribution in [0.2, 0.25) is 0 Å². The molecule has 1 aliphatic carbocycles. The molecule has 104 valence electrons. The standard InChI is InChI=1S/C13H19N3O3/c1-12(2,3)16-7-9(6-15-16)10(17)14-8-13(4-5-13)11(18)19/h6-7H,4-5,8H2,1-3H3,(H,14,17)(H,18,19). The number of aliphatic carboxylic acids is 1. The van der Waals surface area contributed by atoms with Crippen LogP contribution in [0.1, 0.15) is 44.0 Å². The van der Waals surface area contributed by atoms with E-state index in [0.29, 0.717) is 18.4 Å². The van der Waals surface area contributed by atoms with Crippen LogP contribution in [0, 0.1) is 5.41 Å². The molecule has 0 saturated heterocycles. The molecule has 0 radical (unpaired) electrons. The Balaban J connectivity index is 1.97. The number of nitrogens with zero attached hydrogens (tertiary/aromatic N) is 2. The molecule has 2 rings (SSSR count). The van der Waals surface area contributed by atoms with Crippen molar-refractivity contribution in [2.75, 3.05) is 6.54 Å². The van der Waals surface area contributed by atoms with E-state index >= 15 is 0 Å². The smallest absolute Gasteiger partial charge is 0.311 e. The van der Waals surface area contributed by atoms with E-state index in [4.69, 9.17) is 5.11 Å². The van der Waals surface area contributed by atoms with Crippen molar-refractivity contribution in [3.63, 3.8) is 0 Å². The maximum Gasteiger partial charge on any atom is 0.311 e. The molecular weight excluding hydrogens is 246 g/mol. The predicted molar refractivity (Wildman–Crippen MR) is 68.9 cm³/mol. The van der Waals surface area contributed by atoms with Crippen molar-refractivity contribution in [3.8, 4) is 0 Å². The van der Waals surface area contributed by atoms with Crippen molar-refractivity contribution in [1.82, 2.24) is 15.1 Å². The summed E-state index contributed by atoms with van der Waals surface area (Å²) in [5.74, 6) is -1.11. The molecule has 6 heteroatoms. The van der Waals surface area contributed by atoms with Crippen molar-refractivity contribution in [2.24, 2.45) is 5.41 Å². The third-order valence-corrected chi connectivity index (χ3v) is 3.43. The number of nitrogens with one attached hydrogen (secondary N) is 1. The number of carbonyl (C=O) groups is 2. The summed E-state index contributed by atoms with van der Waals surface area (Å²) in [5.41, 5.74) is -0.469. The first-order valence-corrected chi connectivity index (χ1v) is 6.31. The third-order valence-electron chi connectivity index (χ3n) is 3.43. The normalized spacial score (nSPS) is 17.0. The van der Waals surface area contributed by atoms with Crippen LogP contribution in [-0.4, -0.2) is 33.3 Å². The highest BCUT2D eigenvalue weighted by atomic mass is 16.4. The van der Waals surface area contributed by atoms with Gasteiger partial charge in [-0.15, -0.1) is 0 Å². The molecule has 0 aromatic carbocycles. The van der Waals surface area contributed by atoms with Gasteiger partial charge in [0.05, 0.1) is 22.7 Å². The fraction of sp³-hybridized carbons (Fsp3) is 0.615. The second-order valence-corrected chi connectivity index (χ2v) is 6.11. The topological polar surface area (TPSA) is 84.2 Å². The molecule has 19 heavy (non-hydrogen) atoms. The van der Waals surface area contributed by atoms with E-state index in [1.165, 1.54) is 6.20 Å². The van der Waals surface area contributed by atoms with Gasteiger partial charge >= 0.3 is 5.97 Å². The van der Waals surface area contributed by atoms with Crippen LogP contribution in [0.15, 0.2) is 12.4 Å². The second-order valence-electron chi connectivity index (χ2n) is 6.11. The molecule has 1 heterocycles. The molecule has 1 aromatic rings. The van der Waals surface area contributed by atoms with Gasteiger partial charge in [-0.25, -0.2) is 0 Å². The van der Waals surface area contributed by atoms with Gasteiger partial charge in [0.25, 0.3) is 5.91 Å². The van der Waals surface area contributed by atoms with E-state index in [1.54, 1.807) is 10.9 Å². The van der Waals surface area contributed by atoms with Gasteiger partial charge in [-0.3, -0.25) is 14.3 Å². The minimum atomic E-state index is -0.835. The average molecular weight is 265 g/mol. The Labute approximate surface area is 111 Å². The molecule has 1 saturated carbocycles. The van der Waals surface area contributed by atoms with Crippen LogP contribution in [-0.2, 0) is 10.3 Å². The molecule has 0 aliphatic heterocycles. The highest BCUT2D eigenvalue weighted by Gasteiger charge is 2.50. The van der Waals surface area contributed by atoms with Gasteiger partial charge in [-0.2, -0.15) is 5.10 Å². The number of hydrogen-bond acceptors (Lipinski definition) is 3. The molecule has 0 unspecified atom stereocenters. The van der Waals surface area contributed by atoms with E-state index in [0.717, 1.165) is 0 Å². The lowest BCUT2D eigenvalue weighted by Gasteiger charge is -2.18. The molecule has 1 amide bonds. The van der Waals surface area contributed by atoms with Crippen LogP contribution in [0.4, 0.5) is 0 Å². The molecule has 1 aliphatic rings. The van der Waals surface area contributed by atoms with Crippen molar-refractivity contribution in [2.45, 2.75) is 39.2 Å². The first kappa shape index (κ1) is 13.6. The van der Waals surface area contributed by atoms with Gasteiger partial charge in [0.2, 0.25) is 0 Å². The zero-order chi connectivity index (χ0) is 14.3. The summed E-state index contributed by atoms with van der Waals surface area (Å²) in [7, 11) is 0. The average Bonchev–Trinajstić information content (AvgIpc) is 2.92. The molecule has 0 atom stereocenters. The van der Waals surface area contributed by atoms with Gasteiger partial charge < -0.3 is 10.4 Å². The number of carboxylic acids is 1. The van der Waals surface area contributed by atoms with Crippen LogP contribution in [0.5, 0.6) is 0 Å². The Morgan fingerprint density at radius 1 is 1.47 bits per heavy atom. The van der Waals surface area contributed by atoms with Gasteiger partial charge in [0.15, 0.2) is 0 Å². The lowest BCUT2D eigenvalue weighted by Crippen LogP contribution is -2.34. The van der Waals surface area contributed by atoms with Crippen molar-refractivity contribution in [1.29, 1.82) is 0 Å². The van der Waals surface area contributed by atoms with Crippen LogP contribution in [0.25, 0.3) is 0 Å². The molecule has 2 N–H and O–H groups in total. The van der Waals surface area contributed by atoms with Crippen LogP contribution < -0.4 is 5.32 Å². The zero-order valence-electron chi connectivity index (χ0n) is 11.4. The summed E-state index contributed by atoms with van der Waals surface area (Å²) in [5, 5.41) is 15.8. The molecule has 6 nitrogen and oxygen atoms in total. The molecule has 1 fully saturated rings. The first-order chi connectivity index (χ1) is 8.74. The van der Waals surface area contributed by atoms with E-state index in [2.05, 4.69) is 10.4 Å². The van der Waals surface area contributed by atoms with E-state index in [9.17, 15) is 9.59 Å². The summed E-state index contributed by atoms with van der Waals surface area (Å²) < 4.78 is 1.71. The number of amides is 1. The van der Waals surface area contributed by atoms with E-state index < -0.39 is 11.4 Å². The molecule has 0 spiro atoms. The van der Waals surface area contributed by atoms with Crippen molar-refractivity contribution in [3.05, 3.63) is 18.0 Å². The molecular formula is C13H19N3O3. The minimum absolute atomic E-state index is 0.182. The van der Waals surface area contributed by atoms with Crippen LogP contribution in [0.3, 0.4) is 0 Å². The Morgan fingerprint density at radius 2 is 2.11 bits per heavy atom. The fourth-order valence-corrected chi connectivity index (χ4v) is 1.78. The number of aromatic nitrogens is 2. The second kappa shape index (κ2) is 4.36. The first-order valence-electron chi connectivity index (χ1n) is 6.31. The van der Waals surface area contributed by atoms with Crippen LogP contribution >= 0.6 is 0 Å². The summed E-state index contributed by atoms with van der Waals surface area (Å²) in [6.45, 7) is 6.16. The number of carbonyl (C=O) groups excluding carboxylic acids is 1. The maximum atomic E-state index is 11.9. The third kappa shape index (κ3) is 2.77. The van der Waals surface area contributed by atoms with Crippen molar-refractivity contribution < 1.29 is 14.7 Å². The highest BCUT2D eigenvalue weighted by molar-refractivity contribution is 5.94. The summed E-state index contributed by atoms with van der Waals surface area (Å²) in [6.07, 6.45) is 4.43. The van der Waals surface area contributed by atoms with E-state index in [-0.39, 0.29) is 18.0 Å². The highest BCUT2D eigenvalue weighted by Crippen LogP contribution is 2.45. The lowest BCUT2D eigenvalue weighted by molar-refractivity contribution is -0.143. The number of carboxylic acid groups (broad SMARTS) is 1. The van der Waals surface area contributed by atoms with Gasteiger partial charge in [-0.1, -0.05) is 0 Å². The Bertz CT molecular complexity index is 509. The van der Waals surface area contributed by atoms with Gasteiger partial charge in [0, 0.05) is 12.7 Å². The Kier molecular flexibility index (Phi) is 3.12. The van der Waals surface area contributed by atoms with Gasteiger partial charge in [0.1, 0.15) is 0 Å².